The zero-order chi connectivity index (χ0) is 15.5. The molecule has 6 heteroatoms. The highest BCUT2D eigenvalue weighted by Crippen LogP contribution is 2.37. The second-order valence-corrected chi connectivity index (χ2v) is 5.78. The van der Waals surface area contributed by atoms with Crippen LogP contribution >= 0.6 is 11.6 Å². The predicted molar refractivity (Wildman–Crippen MR) is 86.3 cm³/mol. The standard InChI is InChI=1S/C16H16ClN3O2/c17-14-10-13(20(21)22)11-18-16(14)19-9-5-4-8-15(19)12-6-2-1-3-7-12/h1-3,6-7,10-11,15H,4-5,8-9H2. The fourth-order valence-electron chi connectivity index (χ4n) is 2.94. The first-order valence-electron chi connectivity index (χ1n) is 7.28. The van der Waals surface area contributed by atoms with E-state index in [2.05, 4.69) is 22.0 Å². The first kappa shape index (κ1) is 14.8. The lowest BCUT2D eigenvalue weighted by molar-refractivity contribution is -0.385. The van der Waals surface area contributed by atoms with Crippen LogP contribution < -0.4 is 4.90 Å². The highest BCUT2D eigenvalue weighted by atomic mass is 35.5. The molecule has 3 rings (SSSR count). The normalized spacial score (nSPS) is 18.2. The summed E-state index contributed by atoms with van der Waals surface area (Å²) in [7, 11) is 0. The van der Waals surface area contributed by atoms with Gasteiger partial charge < -0.3 is 4.90 Å². The second-order valence-electron chi connectivity index (χ2n) is 5.37. The van der Waals surface area contributed by atoms with E-state index in [9.17, 15) is 10.1 Å². The summed E-state index contributed by atoms with van der Waals surface area (Å²) >= 11 is 6.25. The quantitative estimate of drug-likeness (QED) is 0.623. The predicted octanol–water partition coefficient (Wildman–Crippen LogP) is 4.37. The van der Waals surface area contributed by atoms with Crippen LogP contribution in [0.5, 0.6) is 0 Å². The molecule has 5 nitrogen and oxygen atoms in total. The maximum absolute atomic E-state index is 10.8. The van der Waals surface area contributed by atoms with E-state index in [1.807, 2.05) is 18.2 Å². The molecule has 0 aliphatic carbocycles. The minimum atomic E-state index is -0.479. The number of pyridine rings is 1. The van der Waals surface area contributed by atoms with Crippen molar-refractivity contribution in [3.63, 3.8) is 0 Å². The molecular formula is C16H16ClN3O2. The van der Waals surface area contributed by atoms with E-state index < -0.39 is 4.92 Å². The lowest BCUT2D eigenvalue weighted by Gasteiger charge is -2.37. The Morgan fingerprint density at radius 3 is 2.73 bits per heavy atom. The lowest BCUT2D eigenvalue weighted by atomic mass is 9.95. The molecule has 0 spiro atoms. The number of halogens is 1. The fraction of sp³-hybridized carbons (Fsp3) is 0.312. The van der Waals surface area contributed by atoms with Gasteiger partial charge in [-0.05, 0) is 24.8 Å². The number of benzene rings is 1. The number of hydrogen-bond acceptors (Lipinski definition) is 4. The zero-order valence-corrected chi connectivity index (χ0v) is 12.7. The van der Waals surface area contributed by atoms with Crippen molar-refractivity contribution in [2.24, 2.45) is 0 Å². The van der Waals surface area contributed by atoms with Gasteiger partial charge in [-0.1, -0.05) is 41.9 Å². The average molecular weight is 318 g/mol. The molecule has 0 radical (unpaired) electrons. The van der Waals surface area contributed by atoms with Crippen molar-refractivity contribution < 1.29 is 4.92 Å². The summed E-state index contributed by atoms with van der Waals surface area (Å²) in [6, 6.07) is 11.8. The average Bonchev–Trinajstić information content (AvgIpc) is 2.55. The number of piperidine rings is 1. The Morgan fingerprint density at radius 2 is 2.05 bits per heavy atom. The van der Waals surface area contributed by atoms with E-state index in [0.717, 1.165) is 25.8 Å². The topological polar surface area (TPSA) is 59.3 Å². The van der Waals surface area contributed by atoms with Crippen molar-refractivity contribution in [2.45, 2.75) is 25.3 Å². The third kappa shape index (κ3) is 2.90. The van der Waals surface area contributed by atoms with Crippen LogP contribution in [-0.4, -0.2) is 16.5 Å². The number of anilines is 1. The van der Waals surface area contributed by atoms with E-state index in [1.54, 1.807) is 0 Å². The largest absolute Gasteiger partial charge is 0.348 e. The molecule has 0 amide bonds. The molecular weight excluding hydrogens is 302 g/mol. The number of rotatable bonds is 3. The van der Waals surface area contributed by atoms with Crippen LogP contribution in [-0.2, 0) is 0 Å². The fourth-order valence-corrected chi connectivity index (χ4v) is 3.21. The van der Waals surface area contributed by atoms with E-state index in [0.29, 0.717) is 10.8 Å². The van der Waals surface area contributed by atoms with Crippen LogP contribution in [0.15, 0.2) is 42.6 Å². The summed E-state index contributed by atoms with van der Waals surface area (Å²) in [6.07, 6.45) is 4.52. The van der Waals surface area contributed by atoms with Crippen LogP contribution in [0.1, 0.15) is 30.9 Å². The van der Waals surface area contributed by atoms with Crippen molar-refractivity contribution in [3.8, 4) is 0 Å². The summed E-state index contributed by atoms with van der Waals surface area (Å²) in [6.45, 7) is 0.851. The van der Waals surface area contributed by atoms with Crippen molar-refractivity contribution in [3.05, 3.63) is 63.3 Å². The van der Waals surface area contributed by atoms with Crippen molar-refractivity contribution in [1.29, 1.82) is 0 Å². The Hall–Kier alpha value is -2.14. The summed E-state index contributed by atoms with van der Waals surface area (Å²) in [5.74, 6) is 0.626. The maximum atomic E-state index is 10.8. The highest BCUT2D eigenvalue weighted by molar-refractivity contribution is 6.33. The van der Waals surface area contributed by atoms with Gasteiger partial charge in [0.05, 0.1) is 16.0 Å². The van der Waals surface area contributed by atoms with Crippen LogP contribution in [0, 0.1) is 10.1 Å². The van der Waals surface area contributed by atoms with Gasteiger partial charge in [0.25, 0.3) is 5.69 Å². The molecule has 22 heavy (non-hydrogen) atoms. The molecule has 1 atom stereocenters. The van der Waals surface area contributed by atoms with Crippen LogP contribution in [0.4, 0.5) is 11.5 Å². The van der Waals surface area contributed by atoms with Crippen LogP contribution in [0.3, 0.4) is 0 Å². The lowest BCUT2D eigenvalue weighted by Crippen LogP contribution is -2.34. The van der Waals surface area contributed by atoms with Crippen LogP contribution in [0.25, 0.3) is 0 Å². The molecule has 1 saturated heterocycles. The Morgan fingerprint density at radius 1 is 1.27 bits per heavy atom. The van der Waals surface area contributed by atoms with Gasteiger partial charge in [-0.3, -0.25) is 10.1 Å². The van der Waals surface area contributed by atoms with E-state index in [4.69, 9.17) is 11.6 Å². The minimum Gasteiger partial charge on any atom is -0.348 e. The molecule has 1 aliphatic heterocycles. The van der Waals surface area contributed by atoms with Gasteiger partial charge in [0, 0.05) is 12.6 Å². The van der Waals surface area contributed by atoms with Gasteiger partial charge in [0.2, 0.25) is 0 Å². The first-order chi connectivity index (χ1) is 10.7. The van der Waals surface area contributed by atoms with E-state index in [-0.39, 0.29) is 11.7 Å². The number of nitrogens with zero attached hydrogens (tertiary/aromatic N) is 3. The molecule has 1 aromatic heterocycles. The Bertz CT molecular complexity index is 678. The molecule has 1 aliphatic rings. The zero-order valence-electron chi connectivity index (χ0n) is 12.0. The molecule has 1 fully saturated rings. The molecule has 2 aromatic rings. The third-order valence-corrected chi connectivity index (χ3v) is 4.26. The molecule has 0 N–H and O–H groups in total. The van der Waals surface area contributed by atoms with Gasteiger partial charge in [-0.25, -0.2) is 4.98 Å². The summed E-state index contributed by atoms with van der Waals surface area (Å²) in [5, 5.41) is 11.2. The number of aromatic nitrogens is 1. The maximum Gasteiger partial charge on any atom is 0.289 e. The van der Waals surface area contributed by atoms with Gasteiger partial charge in [-0.2, -0.15) is 0 Å². The van der Waals surface area contributed by atoms with Gasteiger partial charge in [-0.15, -0.1) is 0 Å². The minimum absolute atomic E-state index is 0.0815. The number of hydrogen-bond donors (Lipinski definition) is 0. The van der Waals surface area contributed by atoms with Gasteiger partial charge in [0.15, 0.2) is 0 Å². The van der Waals surface area contributed by atoms with E-state index >= 15 is 0 Å². The molecule has 114 valence electrons. The first-order valence-corrected chi connectivity index (χ1v) is 7.66. The number of nitro groups is 1. The Balaban J connectivity index is 1.96. The van der Waals surface area contributed by atoms with Crippen molar-refractivity contribution in [1.82, 2.24) is 4.98 Å². The third-order valence-electron chi connectivity index (χ3n) is 3.98. The monoisotopic (exact) mass is 317 g/mol. The van der Waals surface area contributed by atoms with Gasteiger partial charge in [0.1, 0.15) is 12.0 Å². The summed E-state index contributed by atoms with van der Waals surface area (Å²) < 4.78 is 0. The molecule has 0 bridgehead atoms. The molecule has 0 saturated carbocycles. The van der Waals surface area contributed by atoms with E-state index in [1.165, 1.54) is 17.8 Å². The SMILES string of the molecule is O=[N+]([O-])c1cnc(N2CCCCC2c2ccccc2)c(Cl)c1. The highest BCUT2D eigenvalue weighted by Gasteiger charge is 2.27. The van der Waals surface area contributed by atoms with Crippen molar-refractivity contribution >= 4 is 23.1 Å². The summed E-state index contributed by atoms with van der Waals surface area (Å²) in [4.78, 5) is 16.8. The Labute approximate surface area is 133 Å². The second kappa shape index (κ2) is 6.32. The smallest absolute Gasteiger partial charge is 0.289 e. The molecule has 1 aromatic carbocycles. The summed E-state index contributed by atoms with van der Waals surface area (Å²) in [5.41, 5.74) is 1.14. The van der Waals surface area contributed by atoms with Crippen molar-refractivity contribution in [2.75, 3.05) is 11.4 Å². The van der Waals surface area contributed by atoms with Crippen LogP contribution in [0.2, 0.25) is 5.02 Å². The Kier molecular flexibility index (Phi) is 4.24. The molecule has 2 heterocycles. The molecule has 1 unspecified atom stereocenters. The van der Waals surface area contributed by atoms with Gasteiger partial charge >= 0.3 is 0 Å².